The van der Waals surface area contributed by atoms with E-state index in [1.54, 1.807) is 0 Å². The molecular formula is C79H60BNO. The second kappa shape index (κ2) is 18.7. The Bertz CT molecular complexity index is 4750. The highest BCUT2D eigenvalue weighted by Crippen LogP contribution is 2.55. The van der Waals surface area contributed by atoms with Gasteiger partial charge in [-0.2, -0.15) is 0 Å². The maximum atomic E-state index is 7.27. The SMILES string of the molecule is C.CC1(C)c2ccccc2-c2ccc(N(c3ccc4c(c3)Oc3cccc5c3c-4cc3c4ccccc4c(B(c4ccccc4-c4ccccc4)c4cccc6c4C(C)(C)c4ccccc4-6)cc53)c3ccccc3-c3ccccc3)cc21. The van der Waals surface area contributed by atoms with Crippen LogP contribution in [0.4, 0.5) is 17.1 Å². The van der Waals surface area contributed by atoms with Crippen molar-refractivity contribution in [2.45, 2.75) is 46.0 Å². The number of ether oxygens (including phenoxy) is 1. The lowest BCUT2D eigenvalue weighted by Gasteiger charge is -2.31. The Labute approximate surface area is 481 Å². The highest BCUT2D eigenvalue weighted by Gasteiger charge is 2.41. The maximum Gasteiger partial charge on any atom is 0.243 e. The topological polar surface area (TPSA) is 12.5 Å². The number of para-hydroxylation sites is 1. The molecule has 13 aromatic carbocycles. The molecule has 3 heteroatoms. The maximum absolute atomic E-state index is 7.27. The summed E-state index contributed by atoms with van der Waals surface area (Å²) < 4.78 is 7.27. The molecule has 0 spiro atoms. The van der Waals surface area contributed by atoms with Gasteiger partial charge in [-0.3, -0.25) is 0 Å². The second-order valence-electron chi connectivity index (χ2n) is 23.4. The van der Waals surface area contributed by atoms with E-state index in [2.05, 4.69) is 300 Å². The third-order valence-electron chi connectivity index (χ3n) is 18.4. The van der Waals surface area contributed by atoms with Gasteiger partial charge in [-0.15, -0.1) is 0 Å². The number of hydrogen-bond acceptors (Lipinski definition) is 2. The Hall–Kier alpha value is -9.70. The van der Waals surface area contributed by atoms with E-state index in [1.807, 2.05) is 0 Å². The number of rotatable bonds is 8. The number of fused-ring (bicyclic) bond motifs is 12. The van der Waals surface area contributed by atoms with Crippen LogP contribution in [0.1, 0.15) is 57.4 Å². The molecule has 0 amide bonds. The zero-order chi connectivity index (χ0) is 54.1. The van der Waals surface area contributed by atoms with Crippen LogP contribution in [0.3, 0.4) is 0 Å². The fraction of sp³-hybridized carbons (Fsp3) is 0.0886. The number of benzene rings is 13. The number of nitrogens with zero attached hydrogens (tertiary/aromatic N) is 1. The van der Waals surface area contributed by atoms with Gasteiger partial charge in [-0.25, -0.2) is 0 Å². The van der Waals surface area contributed by atoms with E-state index < -0.39 is 0 Å². The standard InChI is InChI=1S/C78H56BNO.CH4/c1-77(2)66-35-17-13-30-56(66)58-43-41-51(45-68(58)77)80(72-39-20-16-28-54(72)50-25-9-6-10-26-50)52-42-44-60-65-47-63-55-29-11-12-32-59(55)71(48-64(63)61-33-22-40-73(75(61)65)81-74(60)46-52)79(69-37-19-15-27-53(69)49-23-7-5-8-24-49)70-38-21-34-62-57-31-14-18-36-67(57)78(3,4)76(62)70;/h5-48H,1-4H3;1H4. The van der Waals surface area contributed by atoms with Crippen molar-refractivity contribution < 1.29 is 4.74 Å². The molecule has 0 unspecified atom stereocenters. The minimum atomic E-state index is -0.222. The van der Waals surface area contributed by atoms with Crippen molar-refractivity contribution in [1.82, 2.24) is 0 Å². The predicted molar refractivity (Wildman–Crippen MR) is 349 cm³/mol. The monoisotopic (exact) mass is 1050 g/mol. The molecule has 3 aliphatic rings. The third-order valence-corrected chi connectivity index (χ3v) is 18.4. The zero-order valence-corrected chi connectivity index (χ0v) is 45.8. The van der Waals surface area contributed by atoms with Gasteiger partial charge in [-0.05, 0) is 136 Å². The van der Waals surface area contributed by atoms with Gasteiger partial charge in [0.05, 0.1) is 5.69 Å². The molecule has 0 aromatic heterocycles. The lowest BCUT2D eigenvalue weighted by atomic mass is 9.34. The summed E-state index contributed by atoms with van der Waals surface area (Å²) in [6, 6.07) is 99.4. The van der Waals surface area contributed by atoms with E-state index >= 15 is 0 Å². The van der Waals surface area contributed by atoms with Crippen molar-refractivity contribution in [2.24, 2.45) is 0 Å². The first kappa shape index (κ1) is 49.4. The average Bonchev–Trinajstić information content (AvgIpc) is 3.21. The summed E-state index contributed by atoms with van der Waals surface area (Å²) in [6.07, 6.45) is 0. The highest BCUT2D eigenvalue weighted by molar-refractivity contribution is 6.98. The normalized spacial score (nSPS) is 13.6. The Balaban J connectivity index is 0.00000576. The molecule has 0 saturated heterocycles. The molecule has 1 aliphatic heterocycles. The van der Waals surface area contributed by atoms with Crippen molar-refractivity contribution in [2.75, 3.05) is 4.90 Å². The Morgan fingerprint density at radius 1 is 0.317 bits per heavy atom. The molecule has 1 heterocycles. The summed E-state index contributed by atoms with van der Waals surface area (Å²) >= 11 is 0. The molecule has 0 saturated carbocycles. The first-order chi connectivity index (χ1) is 39.7. The van der Waals surface area contributed by atoms with Crippen LogP contribution in [0.5, 0.6) is 11.5 Å². The first-order valence-corrected chi connectivity index (χ1v) is 28.5. The van der Waals surface area contributed by atoms with Gasteiger partial charge >= 0.3 is 0 Å². The quantitative estimate of drug-likeness (QED) is 0.111. The third kappa shape index (κ3) is 7.28. The fourth-order valence-corrected chi connectivity index (χ4v) is 14.7. The molecule has 2 aliphatic carbocycles. The van der Waals surface area contributed by atoms with Crippen molar-refractivity contribution in [3.8, 4) is 67.1 Å². The van der Waals surface area contributed by atoms with E-state index in [1.165, 1.54) is 105 Å². The molecule has 16 rings (SSSR count). The van der Waals surface area contributed by atoms with Gasteiger partial charge in [0.2, 0.25) is 6.71 Å². The second-order valence-corrected chi connectivity index (χ2v) is 23.4. The van der Waals surface area contributed by atoms with Gasteiger partial charge < -0.3 is 9.64 Å². The summed E-state index contributed by atoms with van der Waals surface area (Å²) in [5.74, 6) is 1.70. The number of hydrogen-bond donors (Lipinski definition) is 0. The predicted octanol–water partition coefficient (Wildman–Crippen LogP) is 19.5. The fourth-order valence-electron chi connectivity index (χ4n) is 14.7. The van der Waals surface area contributed by atoms with Gasteiger partial charge in [0.1, 0.15) is 11.5 Å². The molecule has 390 valence electrons. The lowest BCUT2D eigenvalue weighted by Crippen LogP contribution is -2.55. The first-order valence-electron chi connectivity index (χ1n) is 28.5. The van der Waals surface area contributed by atoms with E-state index in [0.29, 0.717) is 0 Å². The average molecular weight is 1050 g/mol. The summed E-state index contributed by atoms with van der Waals surface area (Å²) in [4.78, 5) is 2.44. The highest BCUT2D eigenvalue weighted by atomic mass is 16.5. The van der Waals surface area contributed by atoms with Crippen LogP contribution in [0, 0.1) is 0 Å². The minimum absolute atomic E-state index is 0. The molecule has 0 fully saturated rings. The van der Waals surface area contributed by atoms with E-state index in [0.717, 1.165) is 50.6 Å². The van der Waals surface area contributed by atoms with Gasteiger partial charge in [0, 0.05) is 44.8 Å². The molecule has 0 atom stereocenters. The van der Waals surface area contributed by atoms with Crippen LogP contribution in [-0.4, -0.2) is 6.71 Å². The minimum Gasteiger partial charge on any atom is -0.456 e. The van der Waals surface area contributed by atoms with Crippen LogP contribution in [-0.2, 0) is 10.8 Å². The molecule has 2 nitrogen and oxygen atoms in total. The van der Waals surface area contributed by atoms with Crippen molar-refractivity contribution in [3.05, 3.63) is 289 Å². The van der Waals surface area contributed by atoms with Crippen LogP contribution < -0.4 is 26.0 Å². The largest absolute Gasteiger partial charge is 0.456 e. The van der Waals surface area contributed by atoms with Crippen LogP contribution in [0.25, 0.3) is 88.0 Å². The van der Waals surface area contributed by atoms with Crippen LogP contribution in [0.2, 0.25) is 0 Å². The summed E-state index contributed by atoms with van der Waals surface area (Å²) in [5.41, 5.74) is 24.5. The van der Waals surface area contributed by atoms with Crippen molar-refractivity contribution in [1.29, 1.82) is 0 Å². The molecule has 82 heavy (non-hydrogen) atoms. The van der Waals surface area contributed by atoms with Crippen molar-refractivity contribution in [3.63, 3.8) is 0 Å². The molecular weight excluding hydrogens is 990 g/mol. The van der Waals surface area contributed by atoms with Crippen LogP contribution >= 0.6 is 0 Å². The van der Waals surface area contributed by atoms with Gasteiger partial charge in [0.15, 0.2) is 0 Å². The summed E-state index contributed by atoms with van der Waals surface area (Å²) in [6.45, 7) is 9.45. The molecule has 13 aromatic rings. The Morgan fingerprint density at radius 2 is 0.841 bits per heavy atom. The molecule has 0 bridgehead atoms. The van der Waals surface area contributed by atoms with E-state index in [-0.39, 0.29) is 25.0 Å². The summed E-state index contributed by atoms with van der Waals surface area (Å²) in [7, 11) is 0. The van der Waals surface area contributed by atoms with Crippen LogP contribution in [0.15, 0.2) is 267 Å². The molecule has 0 radical (unpaired) electrons. The van der Waals surface area contributed by atoms with E-state index in [9.17, 15) is 0 Å². The van der Waals surface area contributed by atoms with Crippen molar-refractivity contribution >= 4 is 72.5 Å². The van der Waals surface area contributed by atoms with Gasteiger partial charge in [-0.1, -0.05) is 270 Å². The number of anilines is 3. The lowest BCUT2D eigenvalue weighted by molar-refractivity contribution is 0.487. The summed E-state index contributed by atoms with van der Waals surface area (Å²) in [5, 5.41) is 7.26. The molecule has 0 N–H and O–H groups in total. The zero-order valence-electron chi connectivity index (χ0n) is 45.8. The Kier molecular flexibility index (Phi) is 11.3. The van der Waals surface area contributed by atoms with E-state index in [4.69, 9.17) is 4.74 Å². The van der Waals surface area contributed by atoms with Gasteiger partial charge in [0.25, 0.3) is 0 Å². The smallest absolute Gasteiger partial charge is 0.243 e. The Morgan fingerprint density at radius 3 is 1.60 bits per heavy atom.